The first-order valence-corrected chi connectivity index (χ1v) is 9.43. The van der Waals surface area contributed by atoms with Crippen molar-refractivity contribution in [3.63, 3.8) is 0 Å². The van der Waals surface area contributed by atoms with E-state index in [1.807, 2.05) is 0 Å². The highest BCUT2D eigenvalue weighted by molar-refractivity contribution is 4.94. The molecule has 0 saturated heterocycles. The summed E-state index contributed by atoms with van der Waals surface area (Å²) in [5.41, 5.74) is 7.01. The van der Waals surface area contributed by atoms with Crippen molar-refractivity contribution < 1.29 is 0 Å². The fraction of sp³-hybridized carbons (Fsp3) is 1.00. The minimum Gasteiger partial charge on any atom is -0.326 e. The molecule has 2 N–H and O–H groups in total. The zero-order valence-corrected chi connectivity index (χ0v) is 14.9. The van der Waals surface area contributed by atoms with Gasteiger partial charge >= 0.3 is 0 Å². The van der Waals surface area contributed by atoms with E-state index in [1.54, 1.807) is 0 Å². The van der Waals surface area contributed by atoms with Crippen LogP contribution in [0.4, 0.5) is 0 Å². The van der Waals surface area contributed by atoms with Gasteiger partial charge in [-0.25, -0.2) is 0 Å². The third-order valence-corrected chi connectivity index (χ3v) is 6.81. The summed E-state index contributed by atoms with van der Waals surface area (Å²) in [6, 6.07) is 1.78. The van der Waals surface area contributed by atoms with Crippen molar-refractivity contribution in [1.29, 1.82) is 0 Å². The van der Waals surface area contributed by atoms with E-state index in [0.29, 0.717) is 17.5 Å². The van der Waals surface area contributed by atoms with Crippen molar-refractivity contribution in [1.82, 2.24) is 4.90 Å². The molecule has 2 aliphatic carbocycles. The first kappa shape index (κ1) is 17.3. The van der Waals surface area contributed by atoms with E-state index in [4.69, 9.17) is 5.73 Å². The highest BCUT2D eigenvalue weighted by Crippen LogP contribution is 2.42. The summed E-state index contributed by atoms with van der Waals surface area (Å²) in [5.74, 6) is 0.848. The average Bonchev–Trinajstić information content (AvgIpc) is 2.76. The van der Waals surface area contributed by atoms with E-state index >= 15 is 0 Å². The lowest BCUT2D eigenvalue weighted by molar-refractivity contribution is 0.0480. The van der Waals surface area contributed by atoms with Crippen LogP contribution in [0.5, 0.6) is 0 Å². The average molecular weight is 295 g/mol. The van der Waals surface area contributed by atoms with E-state index in [0.717, 1.165) is 12.0 Å². The van der Waals surface area contributed by atoms with Gasteiger partial charge in [-0.05, 0) is 50.5 Å². The van der Waals surface area contributed by atoms with Crippen LogP contribution in [0.3, 0.4) is 0 Å². The van der Waals surface area contributed by atoms with Gasteiger partial charge in [0.1, 0.15) is 0 Å². The van der Waals surface area contributed by atoms with Crippen molar-refractivity contribution >= 4 is 0 Å². The van der Waals surface area contributed by atoms with Gasteiger partial charge in [-0.15, -0.1) is 0 Å². The van der Waals surface area contributed by atoms with E-state index in [2.05, 4.69) is 32.7 Å². The van der Waals surface area contributed by atoms with E-state index < -0.39 is 0 Å². The Morgan fingerprint density at radius 1 is 1.00 bits per heavy atom. The van der Waals surface area contributed by atoms with Crippen molar-refractivity contribution in [2.45, 2.75) is 103 Å². The van der Waals surface area contributed by atoms with Crippen LogP contribution >= 0.6 is 0 Å². The fourth-order valence-electron chi connectivity index (χ4n) is 4.57. The smallest absolute Gasteiger partial charge is 0.0249 e. The summed E-state index contributed by atoms with van der Waals surface area (Å²) < 4.78 is 0. The molecule has 21 heavy (non-hydrogen) atoms. The Balaban J connectivity index is 2.01. The van der Waals surface area contributed by atoms with Gasteiger partial charge in [0.05, 0.1) is 0 Å². The number of hydrogen-bond donors (Lipinski definition) is 1. The van der Waals surface area contributed by atoms with Crippen molar-refractivity contribution in [3.05, 3.63) is 0 Å². The molecule has 0 amide bonds. The molecule has 124 valence electrons. The Labute approximate surface area is 132 Å². The molecule has 0 bridgehead atoms. The number of likely N-dealkylation sites (N-methyl/N-ethyl adjacent to an activating group) is 1. The zero-order chi connectivity index (χ0) is 15.5. The van der Waals surface area contributed by atoms with Crippen LogP contribution < -0.4 is 5.73 Å². The Hall–Kier alpha value is -0.0800. The summed E-state index contributed by atoms with van der Waals surface area (Å²) >= 11 is 0. The number of hydrogen-bond acceptors (Lipinski definition) is 2. The van der Waals surface area contributed by atoms with Gasteiger partial charge in [0.15, 0.2) is 0 Å². The molecule has 3 unspecified atom stereocenters. The Morgan fingerprint density at radius 3 is 2.19 bits per heavy atom. The standard InChI is InChI=1S/C19H38N2/c1-5-19(2,3)15-12-13-17(20)18(14-15)21(4)16-10-8-6-7-9-11-16/h15-18H,5-14,20H2,1-4H3. The van der Waals surface area contributed by atoms with Gasteiger partial charge in [-0.3, -0.25) is 4.90 Å². The molecule has 0 aromatic carbocycles. The molecule has 2 aliphatic rings. The van der Waals surface area contributed by atoms with E-state index in [9.17, 15) is 0 Å². The molecule has 3 atom stereocenters. The second-order valence-corrected chi connectivity index (χ2v) is 8.39. The lowest BCUT2D eigenvalue weighted by Gasteiger charge is -2.47. The van der Waals surface area contributed by atoms with Crippen LogP contribution in [0.25, 0.3) is 0 Å². The van der Waals surface area contributed by atoms with Crippen molar-refractivity contribution in [3.8, 4) is 0 Å². The minimum atomic E-state index is 0.391. The van der Waals surface area contributed by atoms with Gasteiger partial charge in [0.25, 0.3) is 0 Å². The van der Waals surface area contributed by atoms with Crippen LogP contribution in [-0.4, -0.2) is 30.1 Å². The predicted molar refractivity (Wildman–Crippen MR) is 92.4 cm³/mol. The molecule has 0 aromatic heterocycles. The maximum absolute atomic E-state index is 6.53. The first-order chi connectivity index (χ1) is 9.95. The second-order valence-electron chi connectivity index (χ2n) is 8.39. The highest BCUT2D eigenvalue weighted by atomic mass is 15.2. The SMILES string of the molecule is CCC(C)(C)C1CCC(N)C(N(C)C2CCCCCC2)C1. The van der Waals surface area contributed by atoms with Crippen LogP contribution in [-0.2, 0) is 0 Å². The largest absolute Gasteiger partial charge is 0.326 e. The van der Waals surface area contributed by atoms with Gasteiger partial charge < -0.3 is 5.73 Å². The Kier molecular flexibility index (Phi) is 6.14. The minimum absolute atomic E-state index is 0.391. The normalized spacial score (nSPS) is 33.1. The number of rotatable bonds is 4. The summed E-state index contributed by atoms with van der Waals surface area (Å²) in [6.07, 6.45) is 13.6. The number of nitrogens with zero attached hydrogens (tertiary/aromatic N) is 1. The van der Waals surface area contributed by atoms with Gasteiger partial charge in [-0.2, -0.15) is 0 Å². The van der Waals surface area contributed by atoms with Crippen LogP contribution in [0.2, 0.25) is 0 Å². The molecule has 0 aromatic rings. The monoisotopic (exact) mass is 294 g/mol. The molecular formula is C19H38N2. The number of nitrogens with two attached hydrogens (primary N) is 1. The first-order valence-electron chi connectivity index (χ1n) is 9.43. The maximum Gasteiger partial charge on any atom is 0.0249 e. The molecule has 2 saturated carbocycles. The molecule has 2 fully saturated rings. The van der Waals surface area contributed by atoms with Gasteiger partial charge in [0.2, 0.25) is 0 Å². The van der Waals surface area contributed by atoms with Gasteiger partial charge in [-0.1, -0.05) is 52.9 Å². The van der Waals surface area contributed by atoms with E-state index in [1.165, 1.54) is 64.2 Å². The maximum atomic E-state index is 6.53. The predicted octanol–water partition coefficient (Wildman–Crippen LogP) is 4.57. The summed E-state index contributed by atoms with van der Waals surface area (Å²) in [4.78, 5) is 2.69. The Morgan fingerprint density at radius 2 is 1.62 bits per heavy atom. The second kappa shape index (κ2) is 7.46. The third-order valence-electron chi connectivity index (χ3n) is 6.81. The third kappa shape index (κ3) is 4.22. The molecule has 0 aliphatic heterocycles. The van der Waals surface area contributed by atoms with Gasteiger partial charge in [0, 0.05) is 18.1 Å². The molecular weight excluding hydrogens is 256 g/mol. The molecule has 0 radical (unpaired) electrons. The van der Waals surface area contributed by atoms with Crippen LogP contribution in [0.15, 0.2) is 0 Å². The quantitative estimate of drug-likeness (QED) is 0.769. The summed E-state index contributed by atoms with van der Waals surface area (Å²) in [7, 11) is 2.36. The lowest BCUT2D eigenvalue weighted by Crippen LogP contribution is -2.54. The Bertz CT molecular complexity index is 305. The van der Waals surface area contributed by atoms with Crippen LogP contribution in [0, 0.1) is 11.3 Å². The van der Waals surface area contributed by atoms with Crippen molar-refractivity contribution in [2.75, 3.05) is 7.05 Å². The zero-order valence-electron chi connectivity index (χ0n) is 14.9. The summed E-state index contributed by atoms with van der Waals surface area (Å²) in [6.45, 7) is 7.26. The topological polar surface area (TPSA) is 29.3 Å². The van der Waals surface area contributed by atoms with Crippen molar-refractivity contribution in [2.24, 2.45) is 17.1 Å². The summed E-state index contributed by atoms with van der Waals surface area (Å²) in [5, 5.41) is 0. The van der Waals surface area contributed by atoms with Crippen LogP contribution in [0.1, 0.15) is 85.0 Å². The lowest BCUT2D eigenvalue weighted by atomic mass is 9.67. The molecule has 0 spiro atoms. The molecule has 2 heteroatoms. The van der Waals surface area contributed by atoms with E-state index in [-0.39, 0.29) is 0 Å². The molecule has 0 heterocycles. The fourth-order valence-corrected chi connectivity index (χ4v) is 4.57. The molecule has 2 rings (SSSR count). The highest BCUT2D eigenvalue weighted by Gasteiger charge is 2.38. The molecule has 2 nitrogen and oxygen atoms in total.